The summed E-state index contributed by atoms with van der Waals surface area (Å²) < 4.78 is 0. The second-order valence-corrected chi connectivity index (χ2v) is 4.95. The standard InChI is InChI=1S/C11H20N2O3/c1-5-8-7-13(10(16)12(8)4)11(2,3)6-9(14)15/h8H,5-7H2,1-4H3,(H,14,15). The van der Waals surface area contributed by atoms with E-state index >= 15 is 0 Å². The Bertz CT molecular complexity index is 302. The van der Waals surface area contributed by atoms with Crippen molar-refractivity contribution in [3.05, 3.63) is 0 Å². The Hall–Kier alpha value is -1.26. The van der Waals surface area contributed by atoms with Crippen LogP contribution in [0.4, 0.5) is 4.79 Å². The molecule has 1 N–H and O–H groups in total. The van der Waals surface area contributed by atoms with Gasteiger partial charge in [0.25, 0.3) is 0 Å². The summed E-state index contributed by atoms with van der Waals surface area (Å²) in [5.74, 6) is -0.875. The molecule has 5 heteroatoms. The molecule has 0 saturated carbocycles. The Morgan fingerprint density at radius 1 is 1.56 bits per heavy atom. The Morgan fingerprint density at radius 2 is 2.12 bits per heavy atom. The molecule has 1 rings (SSSR count). The molecule has 0 aliphatic carbocycles. The lowest BCUT2D eigenvalue weighted by molar-refractivity contribution is -0.139. The molecule has 0 spiro atoms. The first-order chi connectivity index (χ1) is 7.29. The maximum absolute atomic E-state index is 12.0. The van der Waals surface area contributed by atoms with E-state index in [1.54, 1.807) is 30.7 Å². The zero-order chi connectivity index (χ0) is 12.5. The predicted molar refractivity (Wildman–Crippen MR) is 60.3 cm³/mol. The fraction of sp³-hybridized carbons (Fsp3) is 0.818. The van der Waals surface area contributed by atoms with Gasteiger partial charge in [-0.3, -0.25) is 4.79 Å². The van der Waals surface area contributed by atoms with Gasteiger partial charge in [0.2, 0.25) is 0 Å². The minimum absolute atomic E-state index is 0.0248. The van der Waals surface area contributed by atoms with Gasteiger partial charge >= 0.3 is 12.0 Å². The van der Waals surface area contributed by atoms with Crippen LogP contribution in [0.2, 0.25) is 0 Å². The summed E-state index contributed by atoms with van der Waals surface area (Å²) >= 11 is 0. The largest absolute Gasteiger partial charge is 0.481 e. The minimum atomic E-state index is -0.875. The van der Waals surface area contributed by atoms with E-state index in [1.807, 2.05) is 6.92 Å². The van der Waals surface area contributed by atoms with Crippen LogP contribution >= 0.6 is 0 Å². The summed E-state index contributed by atoms with van der Waals surface area (Å²) in [6, 6.07) is 0.124. The SMILES string of the molecule is CCC1CN(C(C)(C)CC(=O)O)C(=O)N1C. The normalized spacial score (nSPS) is 21.8. The summed E-state index contributed by atoms with van der Waals surface area (Å²) in [5.41, 5.74) is -0.624. The first kappa shape index (κ1) is 12.8. The van der Waals surface area contributed by atoms with E-state index in [-0.39, 0.29) is 18.5 Å². The number of carboxylic acids is 1. The van der Waals surface area contributed by atoms with E-state index in [0.29, 0.717) is 6.54 Å². The number of hydrogen-bond donors (Lipinski definition) is 1. The highest BCUT2D eigenvalue weighted by Gasteiger charge is 2.42. The lowest BCUT2D eigenvalue weighted by Crippen LogP contribution is -2.47. The Morgan fingerprint density at radius 3 is 2.50 bits per heavy atom. The van der Waals surface area contributed by atoms with Gasteiger partial charge < -0.3 is 14.9 Å². The zero-order valence-corrected chi connectivity index (χ0v) is 10.4. The molecule has 0 aromatic heterocycles. The zero-order valence-electron chi connectivity index (χ0n) is 10.4. The van der Waals surface area contributed by atoms with Crippen molar-refractivity contribution < 1.29 is 14.7 Å². The van der Waals surface area contributed by atoms with E-state index in [0.717, 1.165) is 6.42 Å². The third-order valence-electron chi connectivity index (χ3n) is 3.26. The highest BCUT2D eigenvalue weighted by atomic mass is 16.4. The molecular weight excluding hydrogens is 208 g/mol. The molecule has 0 bridgehead atoms. The number of nitrogens with zero attached hydrogens (tertiary/aromatic N) is 2. The first-order valence-electron chi connectivity index (χ1n) is 5.56. The van der Waals surface area contributed by atoms with Gasteiger partial charge in [0.15, 0.2) is 0 Å². The molecule has 2 amide bonds. The van der Waals surface area contributed by atoms with Crippen molar-refractivity contribution in [1.29, 1.82) is 0 Å². The summed E-state index contributed by atoms with van der Waals surface area (Å²) in [6.45, 7) is 6.24. The highest BCUT2D eigenvalue weighted by Crippen LogP contribution is 2.27. The van der Waals surface area contributed by atoms with Crippen molar-refractivity contribution in [2.75, 3.05) is 13.6 Å². The third kappa shape index (κ3) is 2.28. The molecule has 1 unspecified atom stereocenters. The highest BCUT2D eigenvalue weighted by molar-refractivity contribution is 5.79. The average Bonchev–Trinajstić information content (AvgIpc) is 2.42. The molecule has 16 heavy (non-hydrogen) atoms. The van der Waals surface area contributed by atoms with Gasteiger partial charge in [-0.1, -0.05) is 6.92 Å². The maximum atomic E-state index is 12.0. The van der Waals surface area contributed by atoms with Gasteiger partial charge in [-0.2, -0.15) is 0 Å². The van der Waals surface area contributed by atoms with Crippen LogP contribution in [-0.4, -0.2) is 52.1 Å². The molecule has 5 nitrogen and oxygen atoms in total. The van der Waals surface area contributed by atoms with Crippen LogP contribution in [0.15, 0.2) is 0 Å². The number of hydrogen-bond acceptors (Lipinski definition) is 2. The molecule has 1 fully saturated rings. The van der Waals surface area contributed by atoms with Gasteiger partial charge in [0.1, 0.15) is 0 Å². The lowest BCUT2D eigenvalue weighted by Gasteiger charge is -2.33. The van der Waals surface area contributed by atoms with Crippen molar-refractivity contribution in [2.45, 2.75) is 45.2 Å². The van der Waals surface area contributed by atoms with Crippen LogP contribution in [0, 0.1) is 0 Å². The number of amides is 2. The topological polar surface area (TPSA) is 60.9 Å². The lowest BCUT2D eigenvalue weighted by atomic mass is 9.98. The molecule has 1 aliphatic rings. The van der Waals surface area contributed by atoms with E-state index in [2.05, 4.69) is 0 Å². The predicted octanol–water partition coefficient (Wildman–Crippen LogP) is 1.39. The molecule has 1 atom stereocenters. The molecule has 92 valence electrons. The van der Waals surface area contributed by atoms with Crippen LogP contribution in [0.5, 0.6) is 0 Å². The van der Waals surface area contributed by atoms with E-state index in [4.69, 9.17) is 5.11 Å². The van der Waals surface area contributed by atoms with Crippen LogP contribution in [0.1, 0.15) is 33.6 Å². The summed E-state index contributed by atoms with van der Waals surface area (Å²) in [7, 11) is 1.77. The van der Waals surface area contributed by atoms with Gasteiger partial charge in [-0.05, 0) is 20.3 Å². The average molecular weight is 228 g/mol. The van der Waals surface area contributed by atoms with Gasteiger partial charge in [0, 0.05) is 19.1 Å². The molecule has 0 aromatic carbocycles. The minimum Gasteiger partial charge on any atom is -0.481 e. The molecule has 0 aromatic rings. The number of rotatable bonds is 4. The second kappa shape index (κ2) is 4.31. The second-order valence-electron chi connectivity index (χ2n) is 4.95. The van der Waals surface area contributed by atoms with Crippen LogP contribution in [0.25, 0.3) is 0 Å². The van der Waals surface area contributed by atoms with E-state index in [9.17, 15) is 9.59 Å². The number of likely N-dealkylation sites (N-methyl/N-ethyl adjacent to an activating group) is 1. The van der Waals surface area contributed by atoms with Crippen molar-refractivity contribution in [3.8, 4) is 0 Å². The number of carbonyl (C=O) groups is 2. The van der Waals surface area contributed by atoms with Crippen LogP contribution in [0.3, 0.4) is 0 Å². The quantitative estimate of drug-likeness (QED) is 0.791. The van der Waals surface area contributed by atoms with Crippen molar-refractivity contribution in [3.63, 3.8) is 0 Å². The van der Waals surface area contributed by atoms with Crippen LogP contribution < -0.4 is 0 Å². The molecule has 1 saturated heterocycles. The van der Waals surface area contributed by atoms with Crippen LogP contribution in [-0.2, 0) is 4.79 Å². The number of carboxylic acid groups (broad SMARTS) is 1. The first-order valence-corrected chi connectivity index (χ1v) is 5.56. The third-order valence-corrected chi connectivity index (χ3v) is 3.26. The Kier molecular flexibility index (Phi) is 3.45. The van der Waals surface area contributed by atoms with E-state index in [1.165, 1.54) is 0 Å². The van der Waals surface area contributed by atoms with E-state index < -0.39 is 11.5 Å². The maximum Gasteiger partial charge on any atom is 0.320 e. The summed E-state index contributed by atoms with van der Waals surface area (Å²) in [4.78, 5) is 26.1. The Balaban J connectivity index is 2.82. The fourth-order valence-corrected chi connectivity index (χ4v) is 2.13. The molecular formula is C11H20N2O3. The fourth-order valence-electron chi connectivity index (χ4n) is 2.13. The van der Waals surface area contributed by atoms with Crippen molar-refractivity contribution >= 4 is 12.0 Å². The molecule has 1 aliphatic heterocycles. The smallest absolute Gasteiger partial charge is 0.320 e. The van der Waals surface area contributed by atoms with Crippen molar-refractivity contribution in [1.82, 2.24) is 9.80 Å². The summed E-state index contributed by atoms with van der Waals surface area (Å²) in [6.07, 6.45) is 0.866. The monoisotopic (exact) mass is 228 g/mol. The number of aliphatic carboxylic acids is 1. The Labute approximate surface area is 96.0 Å². The molecule has 0 radical (unpaired) electrons. The van der Waals surface area contributed by atoms with Gasteiger partial charge in [0.05, 0.1) is 12.5 Å². The number of urea groups is 1. The van der Waals surface area contributed by atoms with Gasteiger partial charge in [-0.15, -0.1) is 0 Å². The van der Waals surface area contributed by atoms with Crippen molar-refractivity contribution in [2.24, 2.45) is 0 Å². The van der Waals surface area contributed by atoms with Gasteiger partial charge in [-0.25, -0.2) is 4.79 Å². The number of carbonyl (C=O) groups excluding carboxylic acids is 1. The summed E-state index contributed by atoms with van der Waals surface area (Å²) in [5, 5.41) is 8.83. The molecule has 1 heterocycles.